The summed E-state index contributed by atoms with van der Waals surface area (Å²) in [5.41, 5.74) is 1.08. The van der Waals surface area contributed by atoms with Crippen molar-refractivity contribution < 1.29 is 14.3 Å². The number of carbonyl (C=O) groups excluding carboxylic acids is 1. The van der Waals surface area contributed by atoms with Gasteiger partial charge in [-0.2, -0.15) is 11.8 Å². The Kier molecular flexibility index (Phi) is 6.30. The number of amides is 1. The number of fused-ring (bicyclic) bond motifs is 1. The highest BCUT2D eigenvalue weighted by Crippen LogP contribution is 2.31. The lowest BCUT2D eigenvalue weighted by Gasteiger charge is -2.25. The lowest BCUT2D eigenvalue weighted by molar-refractivity contribution is -0.126. The zero-order chi connectivity index (χ0) is 16.8. The van der Waals surface area contributed by atoms with E-state index in [0.717, 1.165) is 41.0 Å². The Labute approximate surface area is 148 Å². The van der Waals surface area contributed by atoms with Crippen LogP contribution in [-0.2, 0) is 11.2 Å². The van der Waals surface area contributed by atoms with Crippen LogP contribution in [0.25, 0.3) is 0 Å². The van der Waals surface area contributed by atoms with Crippen molar-refractivity contribution in [3.8, 4) is 11.5 Å². The maximum atomic E-state index is 12.4. The van der Waals surface area contributed by atoms with E-state index in [1.807, 2.05) is 30.0 Å². The average Bonchev–Trinajstić information content (AvgIpc) is 2.65. The van der Waals surface area contributed by atoms with Crippen molar-refractivity contribution in [2.24, 2.45) is 5.92 Å². The molecule has 0 bridgehead atoms. The number of methoxy groups -OCH3 is 1. The molecule has 1 saturated carbocycles. The van der Waals surface area contributed by atoms with Crippen molar-refractivity contribution in [2.75, 3.05) is 26.0 Å². The molecule has 1 aromatic rings. The lowest BCUT2D eigenvalue weighted by Crippen LogP contribution is -2.38. The Hall–Kier alpha value is -1.36. The molecule has 132 valence electrons. The Morgan fingerprint density at radius 3 is 2.96 bits per heavy atom. The van der Waals surface area contributed by atoms with Gasteiger partial charge in [-0.3, -0.25) is 4.79 Å². The number of thioether (sulfide) groups is 1. The van der Waals surface area contributed by atoms with Gasteiger partial charge in [0.2, 0.25) is 5.91 Å². The third kappa shape index (κ3) is 4.59. The second-order valence-corrected chi connectivity index (χ2v) is 8.02. The number of ether oxygens (including phenoxy) is 2. The summed E-state index contributed by atoms with van der Waals surface area (Å²) < 4.78 is 11.0. The molecule has 1 heterocycles. The number of hydrogen-bond donors (Lipinski definition) is 1. The Bertz CT molecular complexity index is 558. The highest BCUT2D eigenvalue weighted by atomic mass is 32.2. The van der Waals surface area contributed by atoms with Crippen molar-refractivity contribution in [2.45, 2.75) is 43.8 Å². The van der Waals surface area contributed by atoms with Crippen LogP contribution < -0.4 is 14.8 Å². The van der Waals surface area contributed by atoms with E-state index in [-0.39, 0.29) is 11.8 Å². The van der Waals surface area contributed by atoms with Crippen molar-refractivity contribution >= 4 is 17.7 Å². The van der Waals surface area contributed by atoms with Gasteiger partial charge in [0, 0.05) is 23.6 Å². The summed E-state index contributed by atoms with van der Waals surface area (Å²) in [7, 11) is 1.64. The van der Waals surface area contributed by atoms with Crippen molar-refractivity contribution in [3.05, 3.63) is 23.8 Å². The summed E-state index contributed by atoms with van der Waals surface area (Å²) in [6, 6.07) is 5.81. The summed E-state index contributed by atoms with van der Waals surface area (Å²) in [6.45, 7) is 1.20. The summed E-state index contributed by atoms with van der Waals surface area (Å²) in [5, 5.41) is 3.88. The molecular formula is C19H27NO3S. The number of carbonyl (C=O) groups is 1. The minimum atomic E-state index is -0.0921. The number of rotatable bonds is 6. The largest absolute Gasteiger partial charge is 0.497 e. The summed E-state index contributed by atoms with van der Waals surface area (Å²) in [6.07, 6.45) is 7.55. The van der Waals surface area contributed by atoms with Gasteiger partial charge in [-0.25, -0.2) is 0 Å². The predicted molar refractivity (Wildman–Crippen MR) is 98.0 cm³/mol. The Morgan fingerprint density at radius 1 is 1.33 bits per heavy atom. The van der Waals surface area contributed by atoms with E-state index in [4.69, 9.17) is 9.47 Å². The first-order valence-corrected chi connectivity index (χ1v) is 10.00. The van der Waals surface area contributed by atoms with Crippen LogP contribution >= 0.6 is 11.8 Å². The SMILES string of the molecule is COc1ccc2c(c1)OC[C@@H](C(=O)NCCSC1CCCCC1)C2. The number of nitrogens with one attached hydrogen (secondary N) is 1. The van der Waals surface area contributed by atoms with Crippen LogP contribution in [0.1, 0.15) is 37.7 Å². The minimum Gasteiger partial charge on any atom is -0.497 e. The standard InChI is InChI=1S/C19H27NO3S/c1-22-16-8-7-14-11-15(13-23-18(14)12-16)19(21)20-9-10-24-17-5-3-2-4-6-17/h7-8,12,15,17H,2-6,9-11,13H2,1H3,(H,20,21)/t15-/m0/s1. The molecule has 1 amide bonds. The first kappa shape index (κ1) is 17.5. The van der Waals surface area contributed by atoms with Crippen molar-refractivity contribution in [1.29, 1.82) is 0 Å². The topological polar surface area (TPSA) is 47.6 Å². The predicted octanol–water partition coefficient (Wildman–Crippen LogP) is 3.43. The monoisotopic (exact) mass is 349 g/mol. The molecule has 1 aromatic carbocycles. The van der Waals surface area contributed by atoms with Crippen molar-refractivity contribution in [3.63, 3.8) is 0 Å². The average molecular weight is 349 g/mol. The second-order valence-electron chi connectivity index (χ2n) is 6.61. The van der Waals surface area contributed by atoms with Gasteiger partial charge in [0.1, 0.15) is 18.1 Å². The van der Waals surface area contributed by atoms with E-state index in [0.29, 0.717) is 6.61 Å². The Balaban J connectivity index is 1.41. The molecule has 24 heavy (non-hydrogen) atoms. The van der Waals surface area contributed by atoms with Gasteiger partial charge in [0.25, 0.3) is 0 Å². The summed E-state index contributed by atoms with van der Waals surface area (Å²) in [4.78, 5) is 12.4. The maximum Gasteiger partial charge on any atom is 0.226 e. The van der Waals surface area contributed by atoms with Crippen molar-refractivity contribution in [1.82, 2.24) is 5.32 Å². The van der Waals surface area contributed by atoms with Gasteiger partial charge in [-0.05, 0) is 30.9 Å². The van der Waals surface area contributed by atoms with E-state index in [1.54, 1.807) is 7.11 Å². The highest BCUT2D eigenvalue weighted by molar-refractivity contribution is 7.99. The molecule has 0 unspecified atom stereocenters. The molecule has 1 aliphatic heterocycles. The van der Waals surface area contributed by atoms with Gasteiger partial charge in [0.05, 0.1) is 13.0 Å². The number of hydrogen-bond acceptors (Lipinski definition) is 4. The quantitative estimate of drug-likeness (QED) is 0.800. The fourth-order valence-corrected chi connectivity index (χ4v) is 4.64. The summed E-state index contributed by atoms with van der Waals surface area (Å²) >= 11 is 2.02. The van der Waals surface area contributed by atoms with Crippen LogP contribution in [-0.4, -0.2) is 37.2 Å². The number of benzene rings is 1. The van der Waals surface area contributed by atoms with Gasteiger partial charge in [-0.15, -0.1) is 0 Å². The van der Waals surface area contributed by atoms with E-state index in [2.05, 4.69) is 5.32 Å². The third-order valence-electron chi connectivity index (χ3n) is 4.86. The molecular weight excluding hydrogens is 322 g/mol. The van der Waals surface area contributed by atoms with Crippen LogP contribution in [0.2, 0.25) is 0 Å². The summed E-state index contributed by atoms with van der Waals surface area (Å²) in [5.74, 6) is 2.66. The molecule has 4 nitrogen and oxygen atoms in total. The molecule has 0 radical (unpaired) electrons. The van der Waals surface area contributed by atoms with Crippen LogP contribution in [0, 0.1) is 5.92 Å². The van der Waals surface area contributed by atoms with E-state index in [9.17, 15) is 4.79 Å². The minimum absolute atomic E-state index is 0.0921. The van der Waals surface area contributed by atoms with Crippen LogP contribution in [0.5, 0.6) is 11.5 Å². The van der Waals surface area contributed by atoms with E-state index in [1.165, 1.54) is 32.1 Å². The zero-order valence-corrected chi connectivity index (χ0v) is 15.2. The molecule has 1 N–H and O–H groups in total. The highest BCUT2D eigenvalue weighted by Gasteiger charge is 2.26. The maximum absolute atomic E-state index is 12.4. The second kappa shape index (κ2) is 8.65. The molecule has 1 atom stereocenters. The van der Waals surface area contributed by atoms with Crippen LogP contribution in [0.4, 0.5) is 0 Å². The van der Waals surface area contributed by atoms with Gasteiger partial charge < -0.3 is 14.8 Å². The molecule has 0 aromatic heterocycles. The third-order valence-corrected chi connectivity index (χ3v) is 6.24. The van der Waals surface area contributed by atoms with Gasteiger partial charge in [0.15, 0.2) is 0 Å². The van der Waals surface area contributed by atoms with Crippen LogP contribution in [0.3, 0.4) is 0 Å². The van der Waals surface area contributed by atoms with Gasteiger partial charge >= 0.3 is 0 Å². The fourth-order valence-electron chi connectivity index (χ4n) is 3.42. The molecule has 3 rings (SSSR count). The normalized spacial score (nSPS) is 20.8. The first-order chi connectivity index (χ1) is 11.8. The first-order valence-electron chi connectivity index (χ1n) is 8.95. The van der Waals surface area contributed by atoms with Crippen LogP contribution in [0.15, 0.2) is 18.2 Å². The fraction of sp³-hybridized carbons (Fsp3) is 0.632. The smallest absolute Gasteiger partial charge is 0.226 e. The van der Waals surface area contributed by atoms with E-state index < -0.39 is 0 Å². The molecule has 2 aliphatic rings. The van der Waals surface area contributed by atoms with Gasteiger partial charge in [-0.1, -0.05) is 25.3 Å². The molecule has 1 fully saturated rings. The molecule has 0 saturated heterocycles. The Morgan fingerprint density at radius 2 is 2.17 bits per heavy atom. The zero-order valence-electron chi connectivity index (χ0n) is 14.4. The molecule has 1 aliphatic carbocycles. The van der Waals surface area contributed by atoms with E-state index >= 15 is 0 Å². The molecule has 5 heteroatoms. The lowest BCUT2D eigenvalue weighted by atomic mass is 9.96. The molecule has 0 spiro atoms.